The maximum Gasteiger partial charge on any atom is 0.237 e. The van der Waals surface area contributed by atoms with Gasteiger partial charge in [0, 0.05) is 19.3 Å². The lowest BCUT2D eigenvalue weighted by Gasteiger charge is -2.33. The van der Waals surface area contributed by atoms with Crippen LogP contribution in [0.4, 0.5) is 0 Å². The lowest BCUT2D eigenvalue weighted by molar-refractivity contribution is -0.130. The largest absolute Gasteiger partial charge is 0.340 e. The van der Waals surface area contributed by atoms with Gasteiger partial charge in [0.2, 0.25) is 5.91 Å². The van der Waals surface area contributed by atoms with Crippen LogP contribution in [-0.4, -0.2) is 53.1 Å². The van der Waals surface area contributed by atoms with Crippen LogP contribution in [-0.2, 0) is 14.6 Å². The van der Waals surface area contributed by atoms with Crippen molar-refractivity contribution in [2.75, 3.05) is 18.8 Å². The van der Waals surface area contributed by atoms with Crippen molar-refractivity contribution in [2.45, 2.75) is 56.7 Å². The molecule has 0 bridgehead atoms. The number of amides is 1. The van der Waals surface area contributed by atoms with Crippen LogP contribution >= 0.6 is 0 Å². The summed E-state index contributed by atoms with van der Waals surface area (Å²) in [4.78, 5) is 14.2. The van der Waals surface area contributed by atoms with Crippen LogP contribution in [0, 0.1) is 6.92 Å². The van der Waals surface area contributed by atoms with Crippen molar-refractivity contribution in [1.82, 2.24) is 14.7 Å². The summed E-state index contributed by atoms with van der Waals surface area (Å²) < 4.78 is 26.7. The van der Waals surface area contributed by atoms with Gasteiger partial charge in [-0.3, -0.25) is 9.48 Å². The summed E-state index contributed by atoms with van der Waals surface area (Å²) in [7, 11) is -3.30. The average molecular weight is 339 g/mol. The molecule has 0 aromatic carbocycles. The molecular formula is C16H25N3O3S. The third kappa shape index (κ3) is 3.76. The molecule has 0 spiro atoms. The first kappa shape index (κ1) is 16.5. The number of carbonyl (C=O) groups excluding carboxylic acids is 1. The van der Waals surface area contributed by atoms with Crippen molar-refractivity contribution >= 4 is 15.7 Å². The molecule has 3 rings (SSSR count). The standard InChI is InChI=1S/C16H25N3O3S/c1-13-9-17-19(10-13)14-5-4-8-18(11-14)16(20)12-23(21,22)15-6-2-3-7-15/h9-10,14-15H,2-8,11-12H2,1H3/t14-/m1/s1. The molecule has 7 heteroatoms. The van der Waals surface area contributed by atoms with E-state index in [0.29, 0.717) is 25.9 Å². The molecule has 1 amide bonds. The van der Waals surface area contributed by atoms with E-state index in [0.717, 1.165) is 31.2 Å². The molecule has 2 aliphatic rings. The second kappa shape index (κ2) is 6.63. The minimum absolute atomic E-state index is 0.149. The Kier molecular flexibility index (Phi) is 4.75. The molecule has 0 unspecified atom stereocenters. The fourth-order valence-electron chi connectivity index (χ4n) is 3.66. The molecule has 0 N–H and O–H groups in total. The first-order valence-electron chi connectivity index (χ1n) is 8.46. The van der Waals surface area contributed by atoms with Crippen LogP contribution in [0.5, 0.6) is 0 Å². The zero-order valence-electron chi connectivity index (χ0n) is 13.6. The molecule has 1 aromatic heterocycles. The van der Waals surface area contributed by atoms with Gasteiger partial charge in [-0.1, -0.05) is 12.8 Å². The number of aryl methyl sites for hydroxylation is 1. The van der Waals surface area contributed by atoms with Crippen molar-refractivity contribution in [1.29, 1.82) is 0 Å². The Balaban J connectivity index is 1.63. The van der Waals surface area contributed by atoms with Crippen LogP contribution in [0.1, 0.15) is 50.1 Å². The van der Waals surface area contributed by atoms with Crippen LogP contribution in [0.15, 0.2) is 12.4 Å². The molecule has 1 saturated carbocycles. The van der Waals surface area contributed by atoms with Gasteiger partial charge in [-0.15, -0.1) is 0 Å². The highest BCUT2D eigenvalue weighted by Crippen LogP contribution is 2.26. The summed E-state index contributed by atoms with van der Waals surface area (Å²) in [5.41, 5.74) is 1.09. The number of carbonyl (C=O) groups is 1. The van der Waals surface area contributed by atoms with Gasteiger partial charge in [-0.2, -0.15) is 5.10 Å². The highest BCUT2D eigenvalue weighted by molar-refractivity contribution is 7.92. The molecule has 2 fully saturated rings. The number of rotatable bonds is 4. The second-order valence-electron chi connectivity index (χ2n) is 6.85. The molecule has 1 saturated heterocycles. The molecular weight excluding hydrogens is 314 g/mol. The van der Waals surface area contributed by atoms with Crippen molar-refractivity contribution < 1.29 is 13.2 Å². The zero-order chi connectivity index (χ0) is 16.4. The summed E-state index contributed by atoms with van der Waals surface area (Å²) in [6, 6.07) is 0.149. The average Bonchev–Trinajstić information content (AvgIpc) is 3.18. The molecule has 2 heterocycles. The number of hydrogen-bond donors (Lipinski definition) is 0. The fourth-order valence-corrected chi connectivity index (χ4v) is 5.47. The number of piperidine rings is 1. The third-order valence-corrected chi connectivity index (χ3v) is 7.13. The van der Waals surface area contributed by atoms with Crippen molar-refractivity contribution in [3.8, 4) is 0 Å². The van der Waals surface area contributed by atoms with Crippen LogP contribution in [0.25, 0.3) is 0 Å². The van der Waals surface area contributed by atoms with Crippen molar-refractivity contribution in [3.05, 3.63) is 18.0 Å². The third-order valence-electron chi connectivity index (χ3n) is 4.99. The molecule has 23 heavy (non-hydrogen) atoms. The van der Waals surface area contributed by atoms with Crippen molar-refractivity contribution in [2.24, 2.45) is 0 Å². The highest BCUT2D eigenvalue weighted by atomic mass is 32.2. The minimum atomic E-state index is -3.30. The SMILES string of the molecule is Cc1cnn([C@@H]2CCCN(C(=O)CS(=O)(=O)C3CCCC3)C2)c1. The maximum atomic E-state index is 12.5. The van der Waals surface area contributed by atoms with Crippen molar-refractivity contribution in [3.63, 3.8) is 0 Å². The van der Waals surface area contributed by atoms with E-state index in [2.05, 4.69) is 5.10 Å². The fraction of sp³-hybridized carbons (Fsp3) is 0.750. The van der Waals surface area contributed by atoms with Gasteiger partial charge in [0.25, 0.3) is 0 Å². The second-order valence-corrected chi connectivity index (χ2v) is 9.13. The van der Waals surface area contributed by atoms with Gasteiger partial charge in [-0.05, 0) is 38.2 Å². The van der Waals surface area contributed by atoms with Gasteiger partial charge >= 0.3 is 0 Å². The number of nitrogens with zero attached hydrogens (tertiary/aromatic N) is 3. The lowest BCUT2D eigenvalue weighted by atomic mass is 10.1. The predicted molar refractivity (Wildman–Crippen MR) is 87.9 cm³/mol. The lowest BCUT2D eigenvalue weighted by Crippen LogP contribution is -2.44. The van der Waals surface area contributed by atoms with Gasteiger partial charge in [-0.25, -0.2) is 8.42 Å². The van der Waals surface area contributed by atoms with E-state index in [1.165, 1.54) is 0 Å². The van der Waals surface area contributed by atoms with E-state index in [1.54, 1.807) is 4.90 Å². The predicted octanol–water partition coefficient (Wildman–Crippen LogP) is 1.71. The number of hydrogen-bond acceptors (Lipinski definition) is 4. The van der Waals surface area contributed by atoms with Crippen LogP contribution < -0.4 is 0 Å². The number of likely N-dealkylation sites (tertiary alicyclic amines) is 1. The normalized spacial score (nSPS) is 23.3. The molecule has 1 aromatic rings. The van der Waals surface area contributed by atoms with Crippen LogP contribution in [0.2, 0.25) is 0 Å². The highest BCUT2D eigenvalue weighted by Gasteiger charge is 2.33. The van der Waals surface area contributed by atoms with E-state index in [4.69, 9.17) is 0 Å². The Bertz CT molecular complexity index is 662. The summed E-state index contributed by atoms with van der Waals surface area (Å²) in [5.74, 6) is -0.576. The number of sulfone groups is 1. The molecule has 0 radical (unpaired) electrons. The van der Waals surface area contributed by atoms with E-state index < -0.39 is 9.84 Å². The Hall–Kier alpha value is -1.37. The Morgan fingerprint density at radius 3 is 2.65 bits per heavy atom. The Morgan fingerprint density at radius 1 is 1.26 bits per heavy atom. The van der Waals surface area contributed by atoms with Gasteiger partial charge in [0.05, 0.1) is 17.5 Å². The Labute approximate surface area is 137 Å². The topological polar surface area (TPSA) is 72.3 Å². The monoisotopic (exact) mass is 339 g/mol. The zero-order valence-corrected chi connectivity index (χ0v) is 14.5. The minimum Gasteiger partial charge on any atom is -0.340 e. The first-order valence-corrected chi connectivity index (χ1v) is 10.2. The number of aromatic nitrogens is 2. The summed E-state index contributed by atoms with van der Waals surface area (Å²) in [6.45, 7) is 3.19. The van der Waals surface area contributed by atoms with E-state index in [-0.39, 0.29) is 23.0 Å². The maximum absolute atomic E-state index is 12.5. The summed E-state index contributed by atoms with van der Waals surface area (Å²) >= 11 is 0. The van der Waals surface area contributed by atoms with Gasteiger partial charge in [0.15, 0.2) is 9.84 Å². The van der Waals surface area contributed by atoms with E-state index >= 15 is 0 Å². The Morgan fingerprint density at radius 2 is 2.00 bits per heavy atom. The first-order chi connectivity index (χ1) is 11.0. The van der Waals surface area contributed by atoms with Gasteiger partial charge < -0.3 is 4.90 Å². The molecule has 6 nitrogen and oxygen atoms in total. The van der Waals surface area contributed by atoms with E-state index in [1.807, 2.05) is 24.0 Å². The summed E-state index contributed by atoms with van der Waals surface area (Å²) in [5, 5.41) is 4.03. The van der Waals surface area contributed by atoms with Gasteiger partial charge in [0.1, 0.15) is 5.75 Å². The molecule has 1 atom stereocenters. The summed E-state index contributed by atoms with van der Waals surface area (Å²) in [6.07, 6.45) is 9.00. The molecule has 1 aliphatic heterocycles. The van der Waals surface area contributed by atoms with E-state index in [9.17, 15) is 13.2 Å². The smallest absolute Gasteiger partial charge is 0.237 e. The molecule has 128 valence electrons. The molecule has 1 aliphatic carbocycles. The quantitative estimate of drug-likeness (QED) is 0.837. The van der Waals surface area contributed by atoms with Crippen LogP contribution in [0.3, 0.4) is 0 Å².